The molecule has 1 atom stereocenters. The van der Waals surface area contributed by atoms with Crippen molar-refractivity contribution < 1.29 is 9.59 Å². The molecule has 2 amide bonds. The summed E-state index contributed by atoms with van der Waals surface area (Å²) < 4.78 is 1.74. The standard InChI is InChI=1S/C21H20N4O2/c1-3-6-14-11-19(26)24-17-12-15(8-9-16(14)17)23-21(27)20-13(2)22-18-7-4-5-10-25(18)20/h4-5,7-12,16H,3,6H2,1-2H3,(H,24,26). The summed E-state index contributed by atoms with van der Waals surface area (Å²) in [5.74, 6) is -0.429. The number of rotatable bonds is 3. The zero-order chi connectivity index (χ0) is 19.0. The molecule has 27 heavy (non-hydrogen) atoms. The van der Waals surface area contributed by atoms with E-state index in [1.54, 1.807) is 29.7 Å². The fraction of sp³-hybridized carbons (Fsp3) is 0.238. The molecule has 6 nitrogen and oxygen atoms in total. The minimum absolute atomic E-state index is 0.0502. The Hall–Kier alpha value is -3.28. The van der Waals surface area contributed by atoms with Gasteiger partial charge < -0.3 is 5.32 Å². The molecule has 0 spiro atoms. The first kappa shape index (κ1) is 17.1. The normalized spacial score (nSPS) is 20.3. The second kappa shape index (κ2) is 6.79. The van der Waals surface area contributed by atoms with Gasteiger partial charge in [-0.05, 0) is 37.6 Å². The van der Waals surface area contributed by atoms with Gasteiger partial charge in [-0.15, -0.1) is 0 Å². The Balaban J connectivity index is 1.67. The second-order valence-electron chi connectivity index (χ2n) is 6.71. The van der Waals surface area contributed by atoms with E-state index in [0.717, 1.165) is 24.1 Å². The maximum absolute atomic E-state index is 12.8. The third-order valence-electron chi connectivity index (χ3n) is 4.76. The Morgan fingerprint density at radius 3 is 3.00 bits per heavy atom. The number of allylic oxidation sites excluding steroid dienone is 3. The van der Waals surface area contributed by atoms with Gasteiger partial charge in [0.25, 0.3) is 5.91 Å². The molecule has 3 heterocycles. The van der Waals surface area contributed by atoms with Gasteiger partial charge in [-0.2, -0.15) is 0 Å². The predicted octanol–water partition coefficient (Wildman–Crippen LogP) is 3.15. The van der Waals surface area contributed by atoms with E-state index < -0.39 is 0 Å². The molecule has 0 bridgehead atoms. The third-order valence-corrected chi connectivity index (χ3v) is 4.76. The highest BCUT2D eigenvalue weighted by molar-refractivity contribution is 6.14. The fourth-order valence-corrected chi connectivity index (χ4v) is 3.60. The van der Waals surface area contributed by atoms with Crippen LogP contribution in [0.15, 0.2) is 65.0 Å². The summed E-state index contributed by atoms with van der Waals surface area (Å²) >= 11 is 0. The lowest BCUT2D eigenvalue weighted by atomic mass is 9.85. The van der Waals surface area contributed by atoms with Crippen LogP contribution in [0.5, 0.6) is 0 Å². The largest absolute Gasteiger partial charge is 0.325 e. The molecule has 2 aromatic rings. The highest BCUT2D eigenvalue weighted by Gasteiger charge is 2.26. The number of imidazole rings is 1. The number of amides is 2. The van der Waals surface area contributed by atoms with Gasteiger partial charge in [0.15, 0.2) is 0 Å². The molecule has 1 aliphatic heterocycles. The van der Waals surface area contributed by atoms with Crippen molar-refractivity contribution in [2.45, 2.75) is 26.7 Å². The number of hydrogen-bond donors (Lipinski definition) is 1. The van der Waals surface area contributed by atoms with E-state index in [0.29, 0.717) is 22.7 Å². The van der Waals surface area contributed by atoms with Crippen molar-refractivity contribution in [2.75, 3.05) is 0 Å². The van der Waals surface area contributed by atoms with Crippen LogP contribution in [0.3, 0.4) is 0 Å². The quantitative estimate of drug-likeness (QED) is 0.913. The van der Waals surface area contributed by atoms with Crippen molar-refractivity contribution in [1.29, 1.82) is 0 Å². The van der Waals surface area contributed by atoms with Crippen LogP contribution in [0.1, 0.15) is 35.9 Å². The van der Waals surface area contributed by atoms with Crippen molar-refractivity contribution in [2.24, 2.45) is 10.9 Å². The maximum atomic E-state index is 12.8. The van der Waals surface area contributed by atoms with Gasteiger partial charge in [0, 0.05) is 23.9 Å². The first-order chi connectivity index (χ1) is 13.1. The Labute approximate surface area is 157 Å². The Morgan fingerprint density at radius 1 is 1.33 bits per heavy atom. The van der Waals surface area contributed by atoms with E-state index in [-0.39, 0.29) is 17.7 Å². The van der Waals surface area contributed by atoms with Gasteiger partial charge in [-0.25, -0.2) is 9.98 Å². The van der Waals surface area contributed by atoms with Crippen LogP contribution >= 0.6 is 0 Å². The molecule has 1 aliphatic carbocycles. The number of aryl methyl sites for hydroxylation is 1. The Bertz CT molecular complexity index is 1070. The number of nitrogens with one attached hydrogen (secondary N) is 1. The maximum Gasteiger partial charge on any atom is 0.296 e. The number of nitrogens with zero attached hydrogens (tertiary/aromatic N) is 3. The topological polar surface area (TPSA) is 75.8 Å². The molecule has 1 N–H and O–H groups in total. The van der Waals surface area contributed by atoms with Gasteiger partial charge in [0.05, 0.1) is 11.4 Å². The number of carbonyl (C=O) groups excluding carboxylic acids is 2. The molecule has 6 heteroatoms. The van der Waals surface area contributed by atoms with Crippen LogP contribution in [-0.4, -0.2) is 26.9 Å². The fourth-order valence-electron chi connectivity index (χ4n) is 3.60. The summed E-state index contributed by atoms with van der Waals surface area (Å²) in [7, 11) is 0. The van der Waals surface area contributed by atoms with E-state index in [9.17, 15) is 9.59 Å². The highest BCUT2D eigenvalue weighted by Crippen LogP contribution is 2.30. The number of aromatic nitrogens is 2. The monoisotopic (exact) mass is 360 g/mol. The summed E-state index contributed by atoms with van der Waals surface area (Å²) in [4.78, 5) is 33.4. The van der Waals surface area contributed by atoms with Crippen molar-refractivity contribution in [1.82, 2.24) is 14.7 Å². The van der Waals surface area contributed by atoms with Gasteiger partial charge in [-0.3, -0.25) is 14.0 Å². The number of hydrogen-bond acceptors (Lipinski definition) is 3. The van der Waals surface area contributed by atoms with E-state index >= 15 is 0 Å². The number of pyridine rings is 1. The predicted molar refractivity (Wildman–Crippen MR) is 104 cm³/mol. The lowest BCUT2D eigenvalue weighted by Crippen LogP contribution is -2.33. The highest BCUT2D eigenvalue weighted by atomic mass is 16.2. The molecule has 0 saturated heterocycles. The first-order valence-corrected chi connectivity index (χ1v) is 9.04. The second-order valence-corrected chi connectivity index (χ2v) is 6.71. The van der Waals surface area contributed by atoms with Gasteiger partial charge >= 0.3 is 0 Å². The molecule has 0 saturated carbocycles. The summed E-state index contributed by atoms with van der Waals surface area (Å²) in [6, 6.07) is 5.58. The Kier molecular flexibility index (Phi) is 4.32. The SMILES string of the molecule is CCCC1=CC(=O)NC2=CC(=NC(=O)c3c(C)nc4ccccn34)C=CC12. The minimum atomic E-state index is -0.354. The minimum Gasteiger partial charge on any atom is -0.325 e. The molecule has 2 aliphatic rings. The lowest BCUT2D eigenvalue weighted by Gasteiger charge is -2.27. The number of fused-ring (bicyclic) bond motifs is 2. The van der Waals surface area contributed by atoms with Gasteiger partial charge in [-0.1, -0.05) is 31.1 Å². The summed E-state index contributed by atoms with van der Waals surface area (Å²) in [5.41, 5.74) is 4.19. The van der Waals surface area contributed by atoms with Crippen LogP contribution in [0.2, 0.25) is 0 Å². The van der Waals surface area contributed by atoms with E-state index in [1.807, 2.05) is 30.4 Å². The summed E-state index contributed by atoms with van der Waals surface area (Å²) in [6.07, 6.45) is 10.9. The average Bonchev–Trinajstić information content (AvgIpc) is 2.97. The lowest BCUT2D eigenvalue weighted by molar-refractivity contribution is -0.116. The molecule has 1 unspecified atom stereocenters. The van der Waals surface area contributed by atoms with Crippen molar-refractivity contribution >= 4 is 23.2 Å². The molecular weight excluding hydrogens is 340 g/mol. The molecule has 0 aromatic carbocycles. The first-order valence-electron chi connectivity index (χ1n) is 9.04. The summed E-state index contributed by atoms with van der Waals surface area (Å²) in [5, 5.41) is 2.87. The molecule has 0 fully saturated rings. The zero-order valence-corrected chi connectivity index (χ0v) is 15.3. The molecular formula is C21H20N4O2. The molecule has 136 valence electrons. The summed E-state index contributed by atoms with van der Waals surface area (Å²) in [6.45, 7) is 3.89. The van der Waals surface area contributed by atoms with Gasteiger partial charge in [0.1, 0.15) is 11.3 Å². The van der Waals surface area contributed by atoms with Crippen LogP contribution in [0.4, 0.5) is 0 Å². The van der Waals surface area contributed by atoms with Crippen molar-refractivity contribution in [3.8, 4) is 0 Å². The van der Waals surface area contributed by atoms with E-state index in [4.69, 9.17) is 0 Å². The number of aliphatic imine (C=N–C) groups is 1. The van der Waals surface area contributed by atoms with Crippen LogP contribution in [-0.2, 0) is 4.79 Å². The molecule has 4 rings (SSSR count). The van der Waals surface area contributed by atoms with Crippen molar-refractivity contribution in [3.63, 3.8) is 0 Å². The molecule has 2 aromatic heterocycles. The van der Waals surface area contributed by atoms with Crippen LogP contribution in [0.25, 0.3) is 5.65 Å². The van der Waals surface area contributed by atoms with E-state index in [1.165, 1.54) is 0 Å². The zero-order valence-electron chi connectivity index (χ0n) is 15.3. The average molecular weight is 360 g/mol. The van der Waals surface area contributed by atoms with Gasteiger partial charge in [0.2, 0.25) is 5.91 Å². The van der Waals surface area contributed by atoms with Crippen LogP contribution < -0.4 is 5.32 Å². The number of carbonyl (C=O) groups is 2. The Morgan fingerprint density at radius 2 is 2.19 bits per heavy atom. The third kappa shape index (κ3) is 3.14. The van der Waals surface area contributed by atoms with Crippen LogP contribution in [0, 0.1) is 12.8 Å². The van der Waals surface area contributed by atoms with Crippen molar-refractivity contribution in [3.05, 3.63) is 71.4 Å². The molecule has 0 radical (unpaired) electrons. The van der Waals surface area contributed by atoms with E-state index in [2.05, 4.69) is 22.2 Å². The smallest absolute Gasteiger partial charge is 0.296 e.